The van der Waals surface area contributed by atoms with Gasteiger partial charge < -0.3 is 19.6 Å². The Bertz CT molecular complexity index is 1230. The van der Waals surface area contributed by atoms with Gasteiger partial charge in [-0.05, 0) is 48.9 Å². The van der Waals surface area contributed by atoms with Crippen LogP contribution < -0.4 is 10.2 Å². The van der Waals surface area contributed by atoms with Crippen LogP contribution in [0.25, 0.3) is 11.3 Å². The topological polar surface area (TPSA) is 113 Å². The SMILES string of the molecule is Cc1ccnc(Nc2ccc(N3CCN(C(=O)c4cc(-c5cccnc5)on4)CC3)nn2)c1. The average Bonchev–Trinajstić information content (AvgIpc) is 3.35. The number of aromatic nitrogens is 5. The van der Waals surface area contributed by atoms with E-state index in [-0.39, 0.29) is 5.91 Å². The zero-order valence-corrected chi connectivity index (χ0v) is 18.0. The van der Waals surface area contributed by atoms with Crippen LogP contribution in [0.1, 0.15) is 16.1 Å². The molecule has 1 saturated heterocycles. The number of nitrogens with one attached hydrogen (secondary N) is 1. The molecule has 5 rings (SSSR count). The van der Waals surface area contributed by atoms with E-state index in [9.17, 15) is 4.79 Å². The number of hydrogen-bond donors (Lipinski definition) is 1. The number of hydrogen-bond acceptors (Lipinski definition) is 9. The van der Waals surface area contributed by atoms with Crippen LogP contribution in [0, 0.1) is 6.92 Å². The number of piperazine rings is 1. The van der Waals surface area contributed by atoms with E-state index in [4.69, 9.17) is 4.52 Å². The standard InChI is InChI=1S/C23H22N8O2/c1-16-6-8-25-21(13-16)26-20-4-5-22(28-27-20)30-9-11-31(12-10-30)23(32)18-14-19(33-29-18)17-3-2-7-24-15-17/h2-8,13-15H,9-12H2,1H3,(H,25,26,27). The second-order valence-corrected chi connectivity index (χ2v) is 7.72. The van der Waals surface area contributed by atoms with Crippen molar-refractivity contribution in [3.05, 3.63) is 72.3 Å². The van der Waals surface area contributed by atoms with Gasteiger partial charge in [0.25, 0.3) is 5.91 Å². The highest BCUT2D eigenvalue weighted by Crippen LogP contribution is 2.21. The molecule has 0 atom stereocenters. The van der Waals surface area contributed by atoms with Gasteiger partial charge in [0.1, 0.15) is 5.82 Å². The van der Waals surface area contributed by atoms with Gasteiger partial charge in [0.15, 0.2) is 23.1 Å². The van der Waals surface area contributed by atoms with Crippen LogP contribution >= 0.6 is 0 Å². The minimum absolute atomic E-state index is 0.148. The van der Waals surface area contributed by atoms with Crippen molar-refractivity contribution in [1.29, 1.82) is 0 Å². The monoisotopic (exact) mass is 442 g/mol. The molecule has 0 saturated carbocycles. The summed E-state index contributed by atoms with van der Waals surface area (Å²) in [6.45, 7) is 4.43. The Morgan fingerprint density at radius 3 is 2.61 bits per heavy atom. The van der Waals surface area contributed by atoms with Gasteiger partial charge in [-0.25, -0.2) is 4.98 Å². The number of amides is 1. The van der Waals surface area contributed by atoms with Crippen molar-refractivity contribution in [3.63, 3.8) is 0 Å². The molecule has 1 aliphatic rings. The lowest BCUT2D eigenvalue weighted by Gasteiger charge is -2.34. The first kappa shape index (κ1) is 20.6. The first-order valence-electron chi connectivity index (χ1n) is 10.6. The van der Waals surface area contributed by atoms with Gasteiger partial charge in [0, 0.05) is 56.4 Å². The van der Waals surface area contributed by atoms with Crippen LogP contribution in [0.3, 0.4) is 0 Å². The van der Waals surface area contributed by atoms with Crippen molar-refractivity contribution in [2.45, 2.75) is 6.92 Å². The molecule has 0 radical (unpaired) electrons. The van der Waals surface area contributed by atoms with Crippen molar-refractivity contribution >= 4 is 23.4 Å². The fraction of sp³-hybridized carbons (Fsp3) is 0.217. The average molecular weight is 442 g/mol. The number of carbonyl (C=O) groups is 1. The Balaban J connectivity index is 1.18. The van der Waals surface area contributed by atoms with E-state index in [0.717, 1.165) is 22.8 Å². The summed E-state index contributed by atoms with van der Waals surface area (Å²) in [5, 5.41) is 15.7. The van der Waals surface area contributed by atoms with Crippen molar-refractivity contribution in [3.8, 4) is 11.3 Å². The normalized spacial score (nSPS) is 13.7. The van der Waals surface area contributed by atoms with E-state index in [1.54, 1.807) is 29.6 Å². The quantitative estimate of drug-likeness (QED) is 0.498. The third-order valence-corrected chi connectivity index (χ3v) is 5.39. The maximum absolute atomic E-state index is 12.9. The van der Waals surface area contributed by atoms with E-state index in [0.29, 0.717) is 43.5 Å². The fourth-order valence-electron chi connectivity index (χ4n) is 3.62. The Labute approximate surface area is 190 Å². The number of nitrogens with zero attached hydrogens (tertiary/aromatic N) is 7. The lowest BCUT2D eigenvalue weighted by molar-refractivity contribution is 0.0736. The summed E-state index contributed by atoms with van der Waals surface area (Å²) in [5.74, 6) is 2.50. The highest BCUT2D eigenvalue weighted by molar-refractivity contribution is 5.93. The maximum atomic E-state index is 12.9. The van der Waals surface area contributed by atoms with Crippen molar-refractivity contribution in [2.75, 3.05) is 36.4 Å². The lowest BCUT2D eigenvalue weighted by atomic mass is 10.2. The molecule has 1 fully saturated rings. The van der Waals surface area contributed by atoms with E-state index < -0.39 is 0 Å². The third kappa shape index (κ3) is 4.64. The molecule has 10 nitrogen and oxygen atoms in total. The molecule has 10 heteroatoms. The largest absolute Gasteiger partial charge is 0.355 e. The smallest absolute Gasteiger partial charge is 0.276 e. The molecule has 0 aliphatic carbocycles. The molecule has 33 heavy (non-hydrogen) atoms. The Morgan fingerprint density at radius 1 is 1.00 bits per heavy atom. The summed E-state index contributed by atoms with van der Waals surface area (Å²) in [4.78, 5) is 25.1. The van der Waals surface area contributed by atoms with E-state index in [1.165, 1.54) is 0 Å². The molecule has 0 unspecified atom stereocenters. The minimum Gasteiger partial charge on any atom is -0.355 e. The zero-order chi connectivity index (χ0) is 22.6. The van der Waals surface area contributed by atoms with Gasteiger partial charge in [-0.3, -0.25) is 9.78 Å². The van der Waals surface area contributed by atoms with Gasteiger partial charge in [-0.1, -0.05) is 5.16 Å². The van der Waals surface area contributed by atoms with Crippen LogP contribution in [-0.2, 0) is 0 Å². The Kier molecular flexibility index (Phi) is 5.62. The van der Waals surface area contributed by atoms with Crippen LogP contribution in [0.2, 0.25) is 0 Å². The molecule has 4 aromatic rings. The number of rotatable bonds is 5. The molecule has 0 bridgehead atoms. The third-order valence-electron chi connectivity index (χ3n) is 5.39. The van der Waals surface area contributed by atoms with E-state index in [1.807, 2.05) is 43.3 Å². The summed E-state index contributed by atoms with van der Waals surface area (Å²) < 4.78 is 5.34. The highest BCUT2D eigenvalue weighted by Gasteiger charge is 2.25. The second kappa shape index (κ2) is 9.03. The molecule has 0 aromatic carbocycles. The first-order chi connectivity index (χ1) is 16.2. The molecule has 1 N–H and O–H groups in total. The number of pyridine rings is 2. The van der Waals surface area contributed by atoms with Crippen LogP contribution in [0.4, 0.5) is 17.5 Å². The number of carbonyl (C=O) groups excluding carboxylic acids is 1. The highest BCUT2D eigenvalue weighted by atomic mass is 16.5. The second-order valence-electron chi connectivity index (χ2n) is 7.72. The summed E-state index contributed by atoms with van der Waals surface area (Å²) in [6, 6.07) is 13.0. The van der Waals surface area contributed by atoms with Gasteiger partial charge in [-0.15, -0.1) is 10.2 Å². The molecular formula is C23H22N8O2. The Hall–Kier alpha value is -4.34. The van der Waals surface area contributed by atoms with Gasteiger partial charge in [-0.2, -0.15) is 0 Å². The van der Waals surface area contributed by atoms with Crippen molar-refractivity contribution in [1.82, 2.24) is 30.2 Å². The lowest BCUT2D eigenvalue weighted by Crippen LogP contribution is -2.49. The molecular weight excluding hydrogens is 420 g/mol. The van der Waals surface area contributed by atoms with E-state index >= 15 is 0 Å². The van der Waals surface area contributed by atoms with Gasteiger partial charge >= 0.3 is 0 Å². The minimum atomic E-state index is -0.148. The summed E-state index contributed by atoms with van der Waals surface area (Å²) in [5.41, 5.74) is 2.19. The first-order valence-corrected chi connectivity index (χ1v) is 10.6. The van der Waals surface area contributed by atoms with Crippen molar-refractivity contribution < 1.29 is 9.32 Å². The van der Waals surface area contributed by atoms with Crippen molar-refractivity contribution in [2.24, 2.45) is 0 Å². The molecule has 5 heterocycles. The summed E-state index contributed by atoms with van der Waals surface area (Å²) in [7, 11) is 0. The maximum Gasteiger partial charge on any atom is 0.276 e. The van der Waals surface area contributed by atoms with Crippen LogP contribution in [0.15, 0.2) is 65.6 Å². The fourth-order valence-corrected chi connectivity index (χ4v) is 3.62. The molecule has 166 valence electrons. The predicted molar refractivity (Wildman–Crippen MR) is 122 cm³/mol. The Morgan fingerprint density at radius 2 is 1.88 bits per heavy atom. The molecule has 1 amide bonds. The van der Waals surface area contributed by atoms with Gasteiger partial charge in [0.2, 0.25) is 0 Å². The van der Waals surface area contributed by atoms with Crippen LogP contribution in [-0.4, -0.2) is 62.3 Å². The summed E-state index contributed by atoms with van der Waals surface area (Å²) in [6.07, 6.45) is 5.10. The zero-order valence-electron chi connectivity index (χ0n) is 18.0. The molecule has 0 spiro atoms. The van der Waals surface area contributed by atoms with E-state index in [2.05, 4.69) is 35.5 Å². The number of aryl methyl sites for hydroxylation is 1. The van der Waals surface area contributed by atoms with Gasteiger partial charge in [0.05, 0.1) is 0 Å². The predicted octanol–water partition coefficient (Wildman–Crippen LogP) is 2.94. The number of anilines is 3. The van der Waals surface area contributed by atoms with Crippen LogP contribution in [0.5, 0.6) is 0 Å². The molecule has 1 aliphatic heterocycles. The molecule has 4 aromatic heterocycles. The summed E-state index contributed by atoms with van der Waals surface area (Å²) >= 11 is 0.